The predicted molar refractivity (Wildman–Crippen MR) is 100 cm³/mol. The lowest BCUT2D eigenvalue weighted by Crippen LogP contribution is -2.34. The molecule has 0 saturated carbocycles. The Bertz CT molecular complexity index is 761. The summed E-state index contributed by atoms with van der Waals surface area (Å²) in [5, 5.41) is 9.06. The van der Waals surface area contributed by atoms with Crippen LogP contribution in [-0.2, 0) is 6.42 Å². The number of hydrazone groups is 1. The van der Waals surface area contributed by atoms with Crippen molar-refractivity contribution in [3.05, 3.63) is 69.2 Å². The van der Waals surface area contributed by atoms with Crippen LogP contribution in [0.25, 0.3) is 0 Å². The molecule has 2 aromatic rings. The summed E-state index contributed by atoms with van der Waals surface area (Å²) in [5.41, 5.74) is 6.29. The Hall–Kier alpha value is -1.62. The summed E-state index contributed by atoms with van der Waals surface area (Å²) in [7, 11) is 0. The zero-order chi connectivity index (χ0) is 16.2. The van der Waals surface area contributed by atoms with E-state index in [9.17, 15) is 0 Å². The van der Waals surface area contributed by atoms with Crippen molar-refractivity contribution in [1.29, 1.82) is 0 Å². The monoisotopic (exact) mass is 363 g/mol. The van der Waals surface area contributed by atoms with Crippen molar-refractivity contribution in [3.8, 4) is 0 Å². The molecule has 0 aromatic heterocycles. The van der Waals surface area contributed by atoms with Gasteiger partial charge in [0.05, 0.1) is 17.3 Å². The molecule has 1 aliphatic rings. The molecule has 6 heteroatoms. The molecular weight excluding hydrogens is 349 g/mol. The van der Waals surface area contributed by atoms with Gasteiger partial charge in [-0.1, -0.05) is 53.5 Å². The first-order valence-corrected chi connectivity index (χ1v) is 8.42. The van der Waals surface area contributed by atoms with E-state index in [0.29, 0.717) is 15.2 Å². The van der Waals surface area contributed by atoms with Crippen LogP contribution in [0, 0.1) is 0 Å². The van der Waals surface area contributed by atoms with Crippen LogP contribution in [0.4, 0.5) is 0 Å². The minimum Gasteiger partial charge on any atom is -0.354 e. The number of benzene rings is 2. The fraction of sp³-hybridized carbons (Fsp3) is 0.176. The molecule has 0 bridgehead atoms. The largest absolute Gasteiger partial charge is 0.354 e. The van der Waals surface area contributed by atoms with Gasteiger partial charge >= 0.3 is 0 Å². The highest BCUT2D eigenvalue weighted by Crippen LogP contribution is 2.30. The maximum absolute atomic E-state index is 6.09. The topological polar surface area (TPSA) is 36.4 Å². The molecule has 1 aliphatic carbocycles. The van der Waals surface area contributed by atoms with Gasteiger partial charge in [-0.2, -0.15) is 5.10 Å². The molecule has 0 amide bonds. The van der Waals surface area contributed by atoms with E-state index >= 15 is 0 Å². The van der Waals surface area contributed by atoms with Gasteiger partial charge in [0.15, 0.2) is 5.11 Å². The highest BCUT2D eigenvalue weighted by molar-refractivity contribution is 7.80. The lowest BCUT2D eigenvalue weighted by molar-refractivity contribution is 0.633. The number of aryl methyl sites for hydroxylation is 1. The Morgan fingerprint density at radius 3 is 2.87 bits per heavy atom. The molecule has 0 radical (unpaired) electrons. The Balaban J connectivity index is 1.57. The second-order valence-corrected chi connectivity index (χ2v) is 6.55. The normalized spacial score (nSPS) is 16.3. The SMILES string of the molecule is S=C(N/N=C/c1ccc(Cl)cc1Cl)N[C@@H]1CCc2ccccc21. The number of fused-ring (bicyclic) bond motifs is 1. The zero-order valence-corrected chi connectivity index (χ0v) is 14.6. The first kappa shape index (κ1) is 16.2. The van der Waals surface area contributed by atoms with Crippen LogP contribution < -0.4 is 10.7 Å². The standard InChI is InChI=1S/C17H15Cl2N3S/c18-13-7-5-12(15(19)9-13)10-20-22-17(23)21-16-8-6-11-3-1-2-4-14(11)16/h1-5,7,9-10,16H,6,8H2,(H2,21,22,23)/b20-10+/t16-/m1/s1. The molecule has 3 nitrogen and oxygen atoms in total. The summed E-state index contributed by atoms with van der Waals surface area (Å²) < 4.78 is 0. The third kappa shape index (κ3) is 4.02. The second-order valence-electron chi connectivity index (χ2n) is 5.30. The average molecular weight is 364 g/mol. The van der Waals surface area contributed by atoms with Crippen LogP contribution in [-0.4, -0.2) is 11.3 Å². The van der Waals surface area contributed by atoms with Crippen LogP contribution in [0.1, 0.15) is 29.2 Å². The molecule has 23 heavy (non-hydrogen) atoms. The number of nitrogens with zero attached hydrogens (tertiary/aromatic N) is 1. The maximum Gasteiger partial charge on any atom is 0.187 e. The number of thiocarbonyl (C=S) groups is 1. The quantitative estimate of drug-likeness (QED) is 0.479. The first-order valence-electron chi connectivity index (χ1n) is 7.26. The van der Waals surface area contributed by atoms with E-state index in [4.69, 9.17) is 35.4 Å². The Morgan fingerprint density at radius 2 is 2.04 bits per heavy atom. The van der Waals surface area contributed by atoms with Crippen molar-refractivity contribution < 1.29 is 0 Å². The van der Waals surface area contributed by atoms with Crippen LogP contribution in [0.2, 0.25) is 10.0 Å². The van der Waals surface area contributed by atoms with E-state index in [-0.39, 0.29) is 6.04 Å². The summed E-state index contributed by atoms with van der Waals surface area (Å²) >= 11 is 17.2. The maximum atomic E-state index is 6.09. The Kier molecular flexibility index (Phi) is 5.16. The molecule has 0 saturated heterocycles. The van der Waals surface area contributed by atoms with Gasteiger partial charge in [-0.25, -0.2) is 0 Å². The minimum atomic E-state index is 0.237. The van der Waals surface area contributed by atoms with Crippen molar-refractivity contribution in [2.24, 2.45) is 5.10 Å². The fourth-order valence-corrected chi connectivity index (χ4v) is 3.32. The molecule has 2 N–H and O–H groups in total. The number of nitrogens with one attached hydrogen (secondary N) is 2. The lowest BCUT2D eigenvalue weighted by Gasteiger charge is -2.15. The third-order valence-electron chi connectivity index (χ3n) is 3.77. The lowest BCUT2D eigenvalue weighted by atomic mass is 10.1. The average Bonchev–Trinajstić information content (AvgIpc) is 2.93. The molecule has 0 aliphatic heterocycles. The zero-order valence-electron chi connectivity index (χ0n) is 12.2. The Labute approximate surface area is 150 Å². The van der Waals surface area contributed by atoms with E-state index in [2.05, 4.69) is 40.1 Å². The van der Waals surface area contributed by atoms with Gasteiger partial charge in [0.25, 0.3) is 0 Å². The number of hydrogen-bond acceptors (Lipinski definition) is 2. The van der Waals surface area contributed by atoms with E-state index < -0.39 is 0 Å². The van der Waals surface area contributed by atoms with Gasteiger partial charge in [-0.3, -0.25) is 5.43 Å². The molecule has 2 aromatic carbocycles. The van der Waals surface area contributed by atoms with Gasteiger partial charge in [0.2, 0.25) is 0 Å². The van der Waals surface area contributed by atoms with Crippen molar-refractivity contribution in [2.45, 2.75) is 18.9 Å². The highest BCUT2D eigenvalue weighted by atomic mass is 35.5. The van der Waals surface area contributed by atoms with Crippen LogP contribution in [0.15, 0.2) is 47.6 Å². The molecule has 0 heterocycles. The van der Waals surface area contributed by atoms with Crippen LogP contribution in [0.5, 0.6) is 0 Å². The second kappa shape index (κ2) is 7.30. The number of rotatable bonds is 3. The third-order valence-corrected chi connectivity index (χ3v) is 4.54. The predicted octanol–water partition coefficient (Wildman–Crippen LogP) is 4.48. The van der Waals surface area contributed by atoms with Gasteiger partial charge in [-0.05, 0) is 48.3 Å². The van der Waals surface area contributed by atoms with Crippen molar-refractivity contribution in [2.75, 3.05) is 0 Å². The Morgan fingerprint density at radius 1 is 1.22 bits per heavy atom. The summed E-state index contributed by atoms with van der Waals surface area (Å²) in [4.78, 5) is 0. The van der Waals surface area contributed by atoms with Gasteiger partial charge in [0, 0.05) is 10.6 Å². The van der Waals surface area contributed by atoms with Gasteiger partial charge in [0.1, 0.15) is 0 Å². The van der Waals surface area contributed by atoms with Crippen molar-refractivity contribution >= 4 is 46.7 Å². The summed E-state index contributed by atoms with van der Waals surface area (Å²) in [6.45, 7) is 0. The van der Waals surface area contributed by atoms with E-state index in [1.807, 2.05) is 0 Å². The molecule has 1 atom stereocenters. The summed E-state index contributed by atoms with van der Waals surface area (Å²) in [6.07, 6.45) is 3.73. The smallest absolute Gasteiger partial charge is 0.187 e. The first-order chi connectivity index (χ1) is 11.1. The van der Waals surface area contributed by atoms with Gasteiger partial charge in [-0.15, -0.1) is 0 Å². The number of halogens is 2. The van der Waals surface area contributed by atoms with E-state index in [0.717, 1.165) is 18.4 Å². The van der Waals surface area contributed by atoms with E-state index in [1.54, 1.807) is 24.4 Å². The number of hydrogen-bond donors (Lipinski definition) is 2. The summed E-state index contributed by atoms with van der Waals surface area (Å²) in [5.74, 6) is 0. The van der Waals surface area contributed by atoms with Gasteiger partial charge < -0.3 is 5.32 Å². The molecular formula is C17H15Cl2N3S. The molecule has 3 rings (SSSR count). The molecule has 118 valence electrons. The fourth-order valence-electron chi connectivity index (χ4n) is 2.66. The highest BCUT2D eigenvalue weighted by Gasteiger charge is 2.22. The van der Waals surface area contributed by atoms with Crippen molar-refractivity contribution in [3.63, 3.8) is 0 Å². The summed E-state index contributed by atoms with van der Waals surface area (Å²) in [6, 6.07) is 13.9. The van der Waals surface area contributed by atoms with Crippen LogP contribution in [0.3, 0.4) is 0 Å². The van der Waals surface area contributed by atoms with Crippen molar-refractivity contribution in [1.82, 2.24) is 10.7 Å². The molecule has 0 unspecified atom stereocenters. The minimum absolute atomic E-state index is 0.237. The van der Waals surface area contributed by atoms with E-state index in [1.165, 1.54) is 11.1 Å². The van der Waals surface area contributed by atoms with Crippen LogP contribution >= 0.6 is 35.4 Å². The molecule has 0 fully saturated rings. The molecule has 0 spiro atoms.